The van der Waals surface area contributed by atoms with E-state index in [1.54, 1.807) is 4.57 Å². The molecule has 4 rings (SSSR count). The van der Waals surface area contributed by atoms with Crippen LogP contribution in [0.1, 0.15) is 66.4 Å². The lowest BCUT2D eigenvalue weighted by Gasteiger charge is -2.24. The molecule has 0 amide bonds. The van der Waals surface area contributed by atoms with Crippen LogP contribution in [0.25, 0.3) is 11.0 Å². The fourth-order valence-corrected chi connectivity index (χ4v) is 3.51. The highest BCUT2D eigenvalue weighted by molar-refractivity contribution is 5.80. The maximum absolute atomic E-state index is 12.7. The van der Waals surface area contributed by atoms with Crippen molar-refractivity contribution in [3.8, 4) is 5.88 Å². The zero-order valence-corrected chi connectivity index (χ0v) is 18.2. The number of hydrogen-bond acceptors (Lipinski definition) is 5. The molecule has 156 valence electrons. The molecule has 0 radical (unpaired) electrons. The Morgan fingerprint density at radius 1 is 1.25 bits per heavy atom. The number of nitrogens with zero attached hydrogens (tertiary/aromatic N) is 2. The Morgan fingerprint density at radius 3 is 2.61 bits per heavy atom. The van der Waals surface area contributed by atoms with Gasteiger partial charge in [-0.3, -0.25) is 4.79 Å². The first-order chi connectivity index (χ1) is 13.4. The Balaban J connectivity index is 0.000000660. The normalized spacial score (nSPS) is 22.0. The van der Waals surface area contributed by atoms with Gasteiger partial charge >= 0.3 is 5.56 Å². The van der Waals surface area contributed by atoms with Crippen LogP contribution >= 0.6 is 0 Å². The van der Waals surface area contributed by atoms with Crippen LogP contribution in [-0.4, -0.2) is 34.7 Å². The number of aryl methyl sites for hydroxylation is 1. The van der Waals surface area contributed by atoms with Gasteiger partial charge < -0.3 is 18.8 Å². The molecule has 2 atom stereocenters. The Morgan fingerprint density at radius 2 is 1.96 bits per heavy atom. The minimum absolute atomic E-state index is 0.141. The van der Waals surface area contributed by atoms with Crippen molar-refractivity contribution in [3.05, 3.63) is 34.1 Å². The van der Waals surface area contributed by atoms with E-state index in [0.29, 0.717) is 19.1 Å². The fraction of sp³-hybridized carbons (Fsp3) is 0.636. The molecule has 3 heterocycles. The summed E-state index contributed by atoms with van der Waals surface area (Å²) in [5.74, 6) is -0.0212. The molecule has 0 N–H and O–H groups in total. The molecule has 1 aromatic heterocycles. The molecule has 0 spiro atoms. The van der Waals surface area contributed by atoms with Gasteiger partial charge in [0.05, 0.1) is 17.6 Å². The molecule has 2 aliphatic heterocycles. The average Bonchev–Trinajstić information content (AvgIpc) is 3.07. The van der Waals surface area contributed by atoms with Crippen LogP contribution in [-0.2, 0) is 16.0 Å². The van der Waals surface area contributed by atoms with Crippen LogP contribution in [0.2, 0.25) is 0 Å². The summed E-state index contributed by atoms with van der Waals surface area (Å²) in [4.78, 5) is 17.2. The molecule has 0 aliphatic carbocycles. The van der Waals surface area contributed by atoms with Gasteiger partial charge in [0.2, 0.25) is 0 Å². The van der Waals surface area contributed by atoms with E-state index >= 15 is 0 Å². The summed E-state index contributed by atoms with van der Waals surface area (Å²) in [6.45, 7) is 15.3. The van der Waals surface area contributed by atoms with Crippen LogP contribution in [0, 0.1) is 0 Å². The Hall–Kier alpha value is -1.92. The number of hydrogen-bond donors (Lipinski definition) is 0. The largest absolute Gasteiger partial charge is 0.471 e. The molecular formula is C22H34N2O4. The topological polar surface area (TPSA) is 62.6 Å². The first kappa shape index (κ1) is 22.4. The second-order valence-corrected chi connectivity index (χ2v) is 7.04. The predicted octanol–water partition coefficient (Wildman–Crippen LogP) is 4.49. The SMILES string of the molecule is CC.CC.CC1CCn2c(=O)c(OCC3COC(C)(C)O3)nc3cccc1c32. The quantitative estimate of drug-likeness (QED) is 0.773. The van der Waals surface area contributed by atoms with Gasteiger partial charge in [-0.05, 0) is 37.8 Å². The number of rotatable bonds is 3. The summed E-state index contributed by atoms with van der Waals surface area (Å²) < 4.78 is 18.7. The Bertz CT molecular complexity index is 844. The molecule has 1 fully saturated rings. The first-order valence-corrected chi connectivity index (χ1v) is 10.4. The minimum Gasteiger partial charge on any atom is -0.471 e. The summed E-state index contributed by atoms with van der Waals surface area (Å²) >= 11 is 0. The Labute approximate surface area is 167 Å². The third-order valence-electron chi connectivity index (χ3n) is 4.76. The molecule has 0 saturated carbocycles. The summed E-state index contributed by atoms with van der Waals surface area (Å²) in [5.41, 5.74) is 2.76. The molecule has 6 heteroatoms. The van der Waals surface area contributed by atoms with E-state index in [2.05, 4.69) is 18.0 Å². The summed E-state index contributed by atoms with van der Waals surface area (Å²) in [6, 6.07) is 6.00. The van der Waals surface area contributed by atoms with Gasteiger partial charge in [-0.1, -0.05) is 46.8 Å². The smallest absolute Gasteiger partial charge is 0.313 e. The van der Waals surface area contributed by atoms with Crippen LogP contribution < -0.4 is 10.3 Å². The van der Waals surface area contributed by atoms with Gasteiger partial charge in [-0.25, -0.2) is 4.98 Å². The van der Waals surface area contributed by atoms with Crippen LogP contribution in [0.15, 0.2) is 23.0 Å². The highest BCUT2D eigenvalue weighted by Gasteiger charge is 2.33. The van der Waals surface area contributed by atoms with Crippen LogP contribution in [0.3, 0.4) is 0 Å². The van der Waals surface area contributed by atoms with Crippen molar-refractivity contribution in [3.63, 3.8) is 0 Å². The van der Waals surface area contributed by atoms with Gasteiger partial charge in [0, 0.05) is 6.54 Å². The van der Waals surface area contributed by atoms with Crippen molar-refractivity contribution in [2.24, 2.45) is 0 Å². The highest BCUT2D eigenvalue weighted by Crippen LogP contribution is 2.31. The summed E-state index contributed by atoms with van der Waals surface area (Å²) in [6.07, 6.45) is 0.757. The van der Waals surface area contributed by atoms with E-state index < -0.39 is 5.79 Å². The van der Waals surface area contributed by atoms with Crippen molar-refractivity contribution >= 4 is 11.0 Å². The molecule has 2 unspecified atom stereocenters. The van der Waals surface area contributed by atoms with Crippen molar-refractivity contribution in [2.75, 3.05) is 13.2 Å². The minimum atomic E-state index is -0.600. The number of ether oxygens (including phenoxy) is 3. The summed E-state index contributed by atoms with van der Waals surface area (Å²) in [5, 5.41) is 0. The van der Waals surface area contributed by atoms with Crippen LogP contribution in [0.4, 0.5) is 0 Å². The lowest BCUT2D eigenvalue weighted by atomic mass is 9.93. The second kappa shape index (κ2) is 9.52. The number of para-hydroxylation sites is 1. The van der Waals surface area contributed by atoms with Gasteiger partial charge in [0.1, 0.15) is 12.7 Å². The maximum atomic E-state index is 12.7. The van der Waals surface area contributed by atoms with Gasteiger partial charge in [-0.15, -0.1) is 0 Å². The third kappa shape index (κ3) is 4.55. The van der Waals surface area contributed by atoms with Crippen molar-refractivity contribution in [2.45, 2.75) is 79.2 Å². The average molecular weight is 391 g/mol. The highest BCUT2D eigenvalue weighted by atomic mass is 16.7. The molecule has 6 nitrogen and oxygen atoms in total. The standard InChI is InChI=1S/C18H22N2O4.2C2H6/c1-11-7-8-20-15-13(11)5-4-6-14(15)19-16(17(20)21)22-9-12-10-23-18(2,3)24-12;2*1-2/h4-6,11-12H,7-10H2,1-3H3;2*1-2H3. The van der Waals surface area contributed by atoms with Crippen molar-refractivity contribution in [1.82, 2.24) is 9.55 Å². The molecule has 0 bridgehead atoms. The molecule has 1 aromatic carbocycles. The number of aromatic nitrogens is 2. The van der Waals surface area contributed by atoms with Gasteiger partial charge in [0.25, 0.3) is 5.88 Å². The van der Waals surface area contributed by atoms with Crippen molar-refractivity contribution in [1.29, 1.82) is 0 Å². The third-order valence-corrected chi connectivity index (χ3v) is 4.76. The van der Waals surface area contributed by atoms with Crippen molar-refractivity contribution < 1.29 is 14.2 Å². The molecule has 28 heavy (non-hydrogen) atoms. The first-order valence-electron chi connectivity index (χ1n) is 10.4. The van der Waals surface area contributed by atoms with E-state index in [4.69, 9.17) is 14.2 Å². The van der Waals surface area contributed by atoms with E-state index in [1.807, 2.05) is 53.7 Å². The lowest BCUT2D eigenvalue weighted by molar-refractivity contribution is -0.141. The lowest BCUT2D eigenvalue weighted by Crippen LogP contribution is -2.30. The van der Waals surface area contributed by atoms with E-state index in [0.717, 1.165) is 17.5 Å². The number of benzene rings is 1. The monoisotopic (exact) mass is 390 g/mol. The zero-order valence-electron chi connectivity index (χ0n) is 18.2. The fourth-order valence-electron chi connectivity index (χ4n) is 3.51. The van der Waals surface area contributed by atoms with Gasteiger partial charge in [-0.2, -0.15) is 0 Å². The maximum Gasteiger partial charge on any atom is 0.313 e. The Kier molecular flexibility index (Phi) is 7.61. The second-order valence-electron chi connectivity index (χ2n) is 7.04. The molecular weight excluding hydrogens is 356 g/mol. The van der Waals surface area contributed by atoms with E-state index in [9.17, 15) is 4.79 Å². The van der Waals surface area contributed by atoms with E-state index in [-0.39, 0.29) is 24.2 Å². The zero-order chi connectivity index (χ0) is 20.9. The van der Waals surface area contributed by atoms with Crippen LogP contribution in [0.5, 0.6) is 5.88 Å². The van der Waals surface area contributed by atoms with E-state index in [1.165, 1.54) is 5.56 Å². The molecule has 2 aromatic rings. The molecule has 2 aliphatic rings. The van der Waals surface area contributed by atoms with Gasteiger partial charge in [0.15, 0.2) is 5.79 Å². The predicted molar refractivity (Wildman–Crippen MR) is 112 cm³/mol. The molecule has 1 saturated heterocycles. The summed E-state index contributed by atoms with van der Waals surface area (Å²) in [7, 11) is 0.